The van der Waals surface area contributed by atoms with Crippen molar-refractivity contribution in [1.82, 2.24) is 10.2 Å². The number of piperidine rings is 1. The first kappa shape index (κ1) is 12.0. The molecule has 1 saturated heterocycles. The Kier molecular flexibility index (Phi) is 5.49. The minimum atomic E-state index is 0.796. The predicted octanol–water partition coefficient (Wildman–Crippen LogP) is 2.11. The molecule has 0 aliphatic carbocycles. The Morgan fingerprint density at radius 1 is 1.43 bits per heavy atom. The second kappa shape index (κ2) is 6.41. The lowest BCUT2D eigenvalue weighted by molar-refractivity contribution is 0.212. The van der Waals surface area contributed by atoms with Crippen LogP contribution < -0.4 is 5.32 Å². The summed E-state index contributed by atoms with van der Waals surface area (Å²) in [7, 11) is 4.44. The van der Waals surface area contributed by atoms with Gasteiger partial charge in [0.05, 0.1) is 0 Å². The Labute approximate surface area is 89.1 Å². The molecule has 2 atom stereocenters. The average molecular weight is 198 g/mol. The van der Waals surface area contributed by atoms with Gasteiger partial charge in [-0.1, -0.05) is 13.3 Å². The van der Waals surface area contributed by atoms with E-state index in [0.29, 0.717) is 0 Å². The minimum absolute atomic E-state index is 0.796. The van der Waals surface area contributed by atoms with Gasteiger partial charge in [-0.2, -0.15) is 0 Å². The third kappa shape index (κ3) is 3.97. The smallest absolute Gasteiger partial charge is 0.00921 e. The summed E-state index contributed by atoms with van der Waals surface area (Å²) in [5, 5.41) is 3.50. The molecule has 0 amide bonds. The van der Waals surface area contributed by atoms with Crippen LogP contribution in [0.1, 0.15) is 39.0 Å². The van der Waals surface area contributed by atoms with E-state index in [4.69, 9.17) is 0 Å². The summed E-state index contributed by atoms with van der Waals surface area (Å²) in [5.41, 5.74) is 0. The molecule has 1 aliphatic heterocycles. The Morgan fingerprint density at radius 3 is 2.71 bits per heavy atom. The van der Waals surface area contributed by atoms with E-state index in [2.05, 4.69) is 31.2 Å². The Balaban J connectivity index is 2.29. The first-order valence-corrected chi connectivity index (χ1v) is 6.11. The molecule has 1 N–H and O–H groups in total. The van der Waals surface area contributed by atoms with E-state index in [9.17, 15) is 0 Å². The number of rotatable bonds is 5. The summed E-state index contributed by atoms with van der Waals surface area (Å²) >= 11 is 0. The molecule has 0 aromatic carbocycles. The van der Waals surface area contributed by atoms with Gasteiger partial charge in [0.1, 0.15) is 0 Å². The fourth-order valence-electron chi connectivity index (χ4n) is 2.43. The zero-order chi connectivity index (χ0) is 10.4. The van der Waals surface area contributed by atoms with E-state index >= 15 is 0 Å². The maximum atomic E-state index is 3.50. The molecule has 1 fully saturated rings. The van der Waals surface area contributed by atoms with E-state index in [1.54, 1.807) is 0 Å². The van der Waals surface area contributed by atoms with Crippen molar-refractivity contribution in [2.75, 3.05) is 27.2 Å². The van der Waals surface area contributed by atoms with Gasteiger partial charge >= 0.3 is 0 Å². The van der Waals surface area contributed by atoms with Gasteiger partial charge in [0.25, 0.3) is 0 Å². The second-order valence-corrected chi connectivity index (χ2v) is 4.85. The van der Waals surface area contributed by atoms with Crippen LogP contribution in [0.3, 0.4) is 0 Å². The number of nitrogens with zero attached hydrogens (tertiary/aromatic N) is 1. The van der Waals surface area contributed by atoms with Crippen LogP contribution in [-0.4, -0.2) is 38.1 Å². The van der Waals surface area contributed by atoms with Gasteiger partial charge < -0.3 is 10.2 Å². The molecule has 2 unspecified atom stereocenters. The normalized spacial score (nSPS) is 25.3. The van der Waals surface area contributed by atoms with Crippen LogP contribution in [0.25, 0.3) is 0 Å². The molecule has 0 bridgehead atoms. The molecule has 0 saturated carbocycles. The van der Waals surface area contributed by atoms with E-state index in [-0.39, 0.29) is 0 Å². The van der Waals surface area contributed by atoms with Crippen molar-refractivity contribution in [3.63, 3.8) is 0 Å². The van der Waals surface area contributed by atoms with Gasteiger partial charge in [-0.05, 0) is 58.8 Å². The SMILES string of the molecule is CCCC(CC1CCCNC1)N(C)C. The van der Waals surface area contributed by atoms with Gasteiger partial charge in [-0.25, -0.2) is 0 Å². The summed E-state index contributed by atoms with van der Waals surface area (Å²) < 4.78 is 0. The van der Waals surface area contributed by atoms with Gasteiger partial charge in [0.15, 0.2) is 0 Å². The molecule has 0 aromatic rings. The maximum Gasteiger partial charge on any atom is 0.00921 e. The lowest BCUT2D eigenvalue weighted by atomic mass is 9.90. The molecule has 84 valence electrons. The molecule has 14 heavy (non-hydrogen) atoms. The van der Waals surface area contributed by atoms with Gasteiger partial charge in [0, 0.05) is 6.04 Å². The highest BCUT2D eigenvalue weighted by atomic mass is 15.1. The minimum Gasteiger partial charge on any atom is -0.316 e. The average Bonchev–Trinajstić information content (AvgIpc) is 2.18. The number of nitrogens with one attached hydrogen (secondary N) is 1. The van der Waals surface area contributed by atoms with Crippen molar-refractivity contribution in [2.24, 2.45) is 5.92 Å². The van der Waals surface area contributed by atoms with Crippen LogP contribution in [0.2, 0.25) is 0 Å². The number of hydrogen-bond donors (Lipinski definition) is 1. The third-order valence-electron chi connectivity index (χ3n) is 3.36. The zero-order valence-corrected chi connectivity index (χ0v) is 10.1. The molecule has 0 spiro atoms. The van der Waals surface area contributed by atoms with Crippen LogP contribution in [0.4, 0.5) is 0 Å². The van der Waals surface area contributed by atoms with E-state index in [0.717, 1.165) is 12.0 Å². The summed E-state index contributed by atoms with van der Waals surface area (Å²) in [6.07, 6.45) is 6.85. The maximum absolute atomic E-state index is 3.50. The van der Waals surface area contributed by atoms with Crippen LogP contribution in [0, 0.1) is 5.92 Å². The largest absolute Gasteiger partial charge is 0.316 e. The Morgan fingerprint density at radius 2 is 2.21 bits per heavy atom. The molecule has 2 nitrogen and oxygen atoms in total. The standard InChI is InChI=1S/C12H26N2/c1-4-6-12(14(2)3)9-11-7-5-8-13-10-11/h11-13H,4-10H2,1-3H3. The highest BCUT2D eigenvalue weighted by Gasteiger charge is 2.19. The first-order valence-electron chi connectivity index (χ1n) is 6.11. The molecular formula is C12H26N2. The van der Waals surface area contributed by atoms with E-state index in [1.807, 2.05) is 0 Å². The Hall–Kier alpha value is -0.0800. The predicted molar refractivity (Wildman–Crippen MR) is 62.6 cm³/mol. The van der Waals surface area contributed by atoms with Gasteiger partial charge in [-0.3, -0.25) is 0 Å². The van der Waals surface area contributed by atoms with E-state index < -0.39 is 0 Å². The monoisotopic (exact) mass is 198 g/mol. The summed E-state index contributed by atoms with van der Waals surface area (Å²) in [5.74, 6) is 0.919. The lowest BCUT2D eigenvalue weighted by Gasteiger charge is -2.30. The van der Waals surface area contributed by atoms with Gasteiger partial charge in [-0.15, -0.1) is 0 Å². The van der Waals surface area contributed by atoms with Crippen molar-refractivity contribution in [3.05, 3.63) is 0 Å². The molecule has 0 radical (unpaired) electrons. The van der Waals surface area contributed by atoms with Crippen molar-refractivity contribution < 1.29 is 0 Å². The first-order chi connectivity index (χ1) is 6.74. The van der Waals surface area contributed by atoms with Gasteiger partial charge in [0.2, 0.25) is 0 Å². The fourth-order valence-corrected chi connectivity index (χ4v) is 2.43. The van der Waals surface area contributed by atoms with Crippen molar-refractivity contribution in [1.29, 1.82) is 0 Å². The summed E-state index contributed by atoms with van der Waals surface area (Å²) in [6, 6.07) is 0.796. The molecule has 1 rings (SSSR count). The molecular weight excluding hydrogens is 172 g/mol. The van der Waals surface area contributed by atoms with Crippen LogP contribution in [0.15, 0.2) is 0 Å². The lowest BCUT2D eigenvalue weighted by Crippen LogP contribution is -2.36. The molecule has 0 aromatic heterocycles. The summed E-state index contributed by atoms with van der Waals surface area (Å²) in [4.78, 5) is 2.40. The van der Waals surface area contributed by atoms with Crippen molar-refractivity contribution in [2.45, 2.75) is 45.1 Å². The quantitative estimate of drug-likeness (QED) is 0.728. The molecule has 1 aliphatic rings. The van der Waals surface area contributed by atoms with Crippen LogP contribution >= 0.6 is 0 Å². The zero-order valence-electron chi connectivity index (χ0n) is 10.1. The molecule has 1 heterocycles. The van der Waals surface area contributed by atoms with Crippen molar-refractivity contribution in [3.8, 4) is 0 Å². The second-order valence-electron chi connectivity index (χ2n) is 4.85. The van der Waals surface area contributed by atoms with Crippen molar-refractivity contribution >= 4 is 0 Å². The highest BCUT2D eigenvalue weighted by Crippen LogP contribution is 2.20. The van der Waals surface area contributed by atoms with Crippen LogP contribution in [0.5, 0.6) is 0 Å². The van der Waals surface area contributed by atoms with E-state index in [1.165, 1.54) is 45.2 Å². The summed E-state index contributed by atoms with van der Waals surface area (Å²) in [6.45, 7) is 4.76. The topological polar surface area (TPSA) is 15.3 Å². The highest BCUT2D eigenvalue weighted by molar-refractivity contribution is 4.76. The fraction of sp³-hybridized carbons (Fsp3) is 1.00. The third-order valence-corrected chi connectivity index (χ3v) is 3.36. The Bertz CT molecular complexity index is 139. The molecule has 2 heteroatoms. The van der Waals surface area contributed by atoms with Crippen LogP contribution in [-0.2, 0) is 0 Å². The number of hydrogen-bond acceptors (Lipinski definition) is 2.